The van der Waals surface area contributed by atoms with Crippen LogP contribution in [-0.2, 0) is 4.74 Å². The lowest BCUT2D eigenvalue weighted by Gasteiger charge is -2.34. The molecule has 3 rings (SSSR count). The zero-order valence-electron chi connectivity index (χ0n) is 12.5. The highest BCUT2D eigenvalue weighted by Crippen LogP contribution is 2.29. The van der Waals surface area contributed by atoms with E-state index in [0.29, 0.717) is 6.61 Å². The molecule has 1 aliphatic heterocycles. The SMILES string of the molecule is CN(CC1CC1)C[C@@H]1CN(C(=O)NCC2CC2)CCO1. The number of hydrogen-bond donors (Lipinski definition) is 1. The fourth-order valence-corrected chi connectivity index (χ4v) is 2.84. The Kier molecular flexibility index (Phi) is 4.46. The van der Waals surface area contributed by atoms with E-state index in [1.807, 2.05) is 4.90 Å². The van der Waals surface area contributed by atoms with Crippen LogP contribution >= 0.6 is 0 Å². The molecule has 2 amide bonds. The Bertz CT molecular complexity index is 342. The van der Waals surface area contributed by atoms with Crippen molar-refractivity contribution in [2.24, 2.45) is 11.8 Å². The molecule has 2 aliphatic carbocycles. The van der Waals surface area contributed by atoms with Crippen LogP contribution in [0.15, 0.2) is 0 Å². The second-order valence-electron chi connectivity index (χ2n) is 6.73. The van der Waals surface area contributed by atoms with E-state index >= 15 is 0 Å². The van der Waals surface area contributed by atoms with Crippen LogP contribution in [0.1, 0.15) is 25.7 Å². The van der Waals surface area contributed by atoms with Crippen molar-refractivity contribution >= 4 is 6.03 Å². The zero-order valence-corrected chi connectivity index (χ0v) is 12.5. The normalized spacial score (nSPS) is 26.9. The van der Waals surface area contributed by atoms with Gasteiger partial charge in [-0.05, 0) is 44.6 Å². The number of ether oxygens (including phenoxy) is 1. The van der Waals surface area contributed by atoms with Gasteiger partial charge in [-0.1, -0.05) is 0 Å². The molecule has 0 bridgehead atoms. The third-order valence-corrected chi connectivity index (χ3v) is 4.45. The summed E-state index contributed by atoms with van der Waals surface area (Å²) in [6.45, 7) is 5.07. The molecule has 0 aromatic rings. The highest BCUT2D eigenvalue weighted by atomic mass is 16.5. The van der Waals surface area contributed by atoms with Crippen molar-refractivity contribution in [2.45, 2.75) is 31.8 Å². The Morgan fingerprint density at radius 2 is 2.00 bits per heavy atom. The van der Waals surface area contributed by atoms with Crippen molar-refractivity contribution in [2.75, 3.05) is 46.4 Å². The monoisotopic (exact) mass is 281 g/mol. The van der Waals surface area contributed by atoms with E-state index in [0.717, 1.165) is 38.0 Å². The van der Waals surface area contributed by atoms with Crippen molar-refractivity contribution in [1.29, 1.82) is 0 Å². The third kappa shape index (κ3) is 4.35. The van der Waals surface area contributed by atoms with Gasteiger partial charge in [0.25, 0.3) is 0 Å². The first-order chi connectivity index (χ1) is 9.70. The summed E-state index contributed by atoms with van der Waals surface area (Å²) >= 11 is 0. The highest BCUT2D eigenvalue weighted by Gasteiger charge is 2.28. The van der Waals surface area contributed by atoms with Gasteiger partial charge in [0.15, 0.2) is 0 Å². The number of hydrogen-bond acceptors (Lipinski definition) is 3. The van der Waals surface area contributed by atoms with E-state index in [9.17, 15) is 4.79 Å². The van der Waals surface area contributed by atoms with Crippen LogP contribution in [-0.4, -0.2) is 68.3 Å². The molecule has 114 valence electrons. The topological polar surface area (TPSA) is 44.8 Å². The predicted octanol–water partition coefficient (Wildman–Crippen LogP) is 1.15. The van der Waals surface area contributed by atoms with Gasteiger partial charge in [-0.3, -0.25) is 0 Å². The van der Waals surface area contributed by atoms with Crippen LogP contribution in [0.25, 0.3) is 0 Å². The van der Waals surface area contributed by atoms with Crippen molar-refractivity contribution in [3.05, 3.63) is 0 Å². The summed E-state index contributed by atoms with van der Waals surface area (Å²) in [5.74, 6) is 1.64. The van der Waals surface area contributed by atoms with E-state index in [1.165, 1.54) is 32.2 Å². The summed E-state index contributed by atoms with van der Waals surface area (Å²) in [5, 5.41) is 3.05. The number of carbonyl (C=O) groups is 1. The Labute approximate surface area is 121 Å². The van der Waals surface area contributed by atoms with Crippen LogP contribution in [0.4, 0.5) is 4.79 Å². The second kappa shape index (κ2) is 6.31. The van der Waals surface area contributed by atoms with E-state index in [2.05, 4.69) is 17.3 Å². The van der Waals surface area contributed by atoms with Crippen LogP contribution < -0.4 is 5.32 Å². The standard InChI is InChI=1S/C15H27N3O2/c1-17(9-13-4-5-13)10-14-11-18(6-7-20-14)15(19)16-8-12-2-3-12/h12-14H,2-11H2,1H3,(H,16,19)/t14-/m1/s1. The Morgan fingerprint density at radius 1 is 1.25 bits per heavy atom. The second-order valence-corrected chi connectivity index (χ2v) is 6.73. The van der Waals surface area contributed by atoms with Crippen molar-refractivity contribution in [1.82, 2.24) is 15.1 Å². The number of nitrogens with one attached hydrogen (secondary N) is 1. The first kappa shape index (κ1) is 14.1. The fraction of sp³-hybridized carbons (Fsp3) is 0.933. The molecule has 20 heavy (non-hydrogen) atoms. The van der Waals surface area contributed by atoms with E-state index in [-0.39, 0.29) is 12.1 Å². The minimum absolute atomic E-state index is 0.0926. The quantitative estimate of drug-likeness (QED) is 0.794. The van der Waals surface area contributed by atoms with Gasteiger partial charge in [0.05, 0.1) is 12.7 Å². The number of amides is 2. The van der Waals surface area contributed by atoms with Gasteiger partial charge in [0.2, 0.25) is 0 Å². The lowest BCUT2D eigenvalue weighted by Crippen LogP contribution is -2.52. The lowest BCUT2D eigenvalue weighted by molar-refractivity contribution is -0.0277. The maximum Gasteiger partial charge on any atom is 0.317 e. The van der Waals surface area contributed by atoms with Gasteiger partial charge in [0, 0.05) is 32.7 Å². The number of urea groups is 1. The summed E-state index contributed by atoms with van der Waals surface area (Å²) in [6.07, 6.45) is 5.48. The molecule has 0 unspecified atom stereocenters. The molecule has 1 N–H and O–H groups in total. The minimum Gasteiger partial charge on any atom is -0.373 e. The van der Waals surface area contributed by atoms with E-state index in [4.69, 9.17) is 4.74 Å². The average Bonchev–Trinajstić information content (AvgIpc) is 3.31. The Balaban J connectivity index is 1.38. The molecular weight excluding hydrogens is 254 g/mol. The molecule has 0 spiro atoms. The van der Waals surface area contributed by atoms with Crippen LogP contribution in [0.3, 0.4) is 0 Å². The summed E-state index contributed by atoms with van der Waals surface area (Å²) in [5.41, 5.74) is 0. The number of rotatable bonds is 6. The number of likely N-dealkylation sites (N-methyl/N-ethyl adjacent to an activating group) is 1. The van der Waals surface area contributed by atoms with Crippen LogP contribution in [0.5, 0.6) is 0 Å². The number of morpholine rings is 1. The van der Waals surface area contributed by atoms with Crippen LogP contribution in [0, 0.1) is 11.8 Å². The average molecular weight is 281 g/mol. The highest BCUT2D eigenvalue weighted by molar-refractivity contribution is 5.74. The summed E-state index contributed by atoms with van der Waals surface area (Å²) in [4.78, 5) is 16.4. The molecule has 0 aromatic heterocycles. The van der Waals surface area contributed by atoms with Crippen LogP contribution in [0.2, 0.25) is 0 Å². The van der Waals surface area contributed by atoms with Gasteiger partial charge in [-0.2, -0.15) is 0 Å². The molecule has 3 fully saturated rings. The molecule has 5 heteroatoms. The Hall–Kier alpha value is -0.810. The third-order valence-electron chi connectivity index (χ3n) is 4.45. The molecule has 1 atom stereocenters. The molecule has 0 aromatic carbocycles. The molecule has 1 heterocycles. The Morgan fingerprint density at radius 3 is 2.70 bits per heavy atom. The van der Waals surface area contributed by atoms with Crippen molar-refractivity contribution in [3.63, 3.8) is 0 Å². The molecule has 3 aliphatic rings. The zero-order chi connectivity index (χ0) is 13.9. The van der Waals surface area contributed by atoms with Crippen molar-refractivity contribution < 1.29 is 9.53 Å². The first-order valence-corrected chi connectivity index (χ1v) is 8.03. The minimum atomic E-state index is 0.0926. The van der Waals surface area contributed by atoms with Gasteiger partial charge in [0.1, 0.15) is 0 Å². The summed E-state index contributed by atoms with van der Waals surface area (Å²) in [7, 11) is 2.16. The molecule has 5 nitrogen and oxygen atoms in total. The van der Waals surface area contributed by atoms with E-state index in [1.54, 1.807) is 0 Å². The summed E-state index contributed by atoms with van der Waals surface area (Å²) in [6, 6.07) is 0.0926. The van der Waals surface area contributed by atoms with Gasteiger partial charge in [-0.25, -0.2) is 4.79 Å². The largest absolute Gasteiger partial charge is 0.373 e. The summed E-state index contributed by atoms with van der Waals surface area (Å²) < 4.78 is 5.81. The maximum atomic E-state index is 12.1. The smallest absolute Gasteiger partial charge is 0.317 e. The first-order valence-electron chi connectivity index (χ1n) is 8.03. The number of carbonyl (C=O) groups excluding carboxylic acids is 1. The fourth-order valence-electron chi connectivity index (χ4n) is 2.84. The lowest BCUT2D eigenvalue weighted by atomic mass is 10.2. The predicted molar refractivity (Wildman–Crippen MR) is 77.7 cm³/mol. The molecule has 0 radical (unpaired) electrons. The van der Waals surface area contributed by atoms with Gasteiger partial charge in [-0.15, -0.1) is 0 Å². The molecular formula is C15H27N3O2. The van der Waals surface area contributed by atoms with Gasteiger partial charge < -0.3 is 19.9 Å². The van der Waals surface area contributed by atoms with Crippen molar-refractivity contribution in [3.8, 4) is 0 Å². The van der Waals surface area contributed by atoms with E-state index < -0.39 is 0 Å². The molecule has 1 saturated heterocycles. The number of nitrogens with zero attached hydrogens (tertiary/aromatic N) is 2. The maximum absolute atomic E-state index is 12.1. The van der Waals surface area contributed by atoms with Gasteiger partial charge >= 0.3 is 6.03 Å². The molecule has 2 saturated carbocycles.